The van der Waals surface area contributed by atoms with E-state index in [0.717, 1.165) is 95.0 Å². The molecule has 0 radical (unpaired) electrons. The molecule has 6 rings (SSSR count). The number of nitrogens with zero attached hydrogens (tertiary/aromatic N) is 5. The summed E-state index contributed by atoms with van der Waals surface area (Å²) in [4.78, 5) is 56.0. The Labute approximate surface area is 235 Å². The smallest absolute Gasteiger partial charge is 0.270 e. The lowest BCUT2D eigenvalue weighted by Gasteiger charge is -2.32. The van der Waals surface area contributed by atoms with Gasteiger partial charge in [0.25, 0.3) is 11.8 Å². The molecule has 2 N–H and O–H groups in total. The molecule has 2 aliphatic carbocycles. The van der Waals surface area contributed by atoms with Gasteiger partial charge in [0.2, 0.25) is 0 Å². The molecule has 4 aliphatic rings. The number of fused-ring (bicyclic) bond motifs is 2. The van der Waals surface area contributed by atoms with Gasteiger partial charge in [-0.15, -0.1) is 0 Å². The van der Waals surface area contributed by atoms with Crippen molar-refractivity contribution in [1.82, 2.24) is 29.6 Å². The van der Waals surface area contributed by atoms with Crippen molar-refractivity contribution in [2.24, 2.45) is 5.16 Å². The summed E-state index contributed by atoms with van der Waals surface area (Å²) in [6.45, 7) is 6.88. The number of aromatic nitrogens is 2. The van der Waals surface area contributed by atoms with Crippen molar-refractivity contribution in [2.45, 2.75) is 38.5 Å². The maximum Gasteiger partial charge on any atom is 0.270 e. The van der Waals surface area contributed by atoms with Gasteiger partial charge >= 0.3 is 0 Å². The van der Waals surface area contributed by atoms with Crippen molar-refractivity contribution < 1.29 is 19.2 Å². The maximum absolute atomic E-state index is 12.6. The number of carbonyl (C=O) groups excluding carboxylic acids is 3. The normalized spacial score (nSPS) is 21.0. The molecule has 2 saturated heterocycles. The Bertz CT molecular complexity index is 1260. The van der Waals surface area contributed by atoms with Gasteiger partial charge in [-0.3, -0.25) is 14.4 Å². The van der Waals surface area contributed by atoms with Crippen LogP contribution in [-0.4, -0.2) is 126 Å². The van der Waals surface area contributed by atoms with Crippen LogP contribution < -0.4 is 0 Å². The van der Waals surface area contributed by atoms with E-state index in [0.29, 0.717) is 24.2 Å². The van der Waals surface area contributed by atoms with E-state index in [4.69, 9.17) is 4.84 Å². The summed E-state index contributed by atoms with van der Waals surface area (Å²) in [5.41, 5.74) is 6.82. The third-order valence-electron chi connectivity index (χ3n) is 8.35. The van der Waals surface area contributed by atoms with Gasteiger partial charge in [0.15, 0.2) is 0 Å². The van der Waals surface area contributed by atoms with Gasteiger partial charge in [-0.05, 0) is 56.6 Å². The number of ketones is 1. The number of rotatable bonds is 3. The molecule has 2 aliphatic heterocycles. The second-order valence-corrected chi connectivity index (χ2v) is 11.3. The fraction of sp³-hybridized carbons (Fsp3) is 0.586. The van der Waals surface area contributed by atoms with E-state index < -0.39 is 0 Å². The van der Waals surface area contributed by atoms with Gasteiger partial charge in [0.1, 0.15) is 24.3 Å². The number of Topliss-reactive ketones (excluding diaryl/α,β-unsaturated/α-hetero) is 1. The lowest BCUT2D eigenvalue weighted by Crippen LogP contribution is -2.47. The molecular formula is C29H41N7O4. The highest BCUT2D eigenvalue weighted by molar-refractivity contribution is 5.95. The molecule has 40 heavy (non-hydrogen) atoms. The van der Waals surface area contributed by atoms with Crippen molar-refractivity contribution in [1.29, 1.82) is 0 Å². The molecular weight excluding hydrogens is 510 g/mol. The molecule has 0 saturated carbocycles. The lowest BCUT2D eigenvalue weighted by molar-refractivity contribution is -0.118. The van der Waals surface area contributed by atoms with Gasteiger partial charge in [-0.25, -0.2) is 0 Å². The van der Waals surface area contributed by atoms with Crippen LogP contribution in [0.25, 0.3) is 0 Å². The molecule has 0 bridgehead atoms. The summed E-state index contributed by atoms with van der Waals surface area (Å²) in [5, 5.41) is 4.04. The SMILES string of the molecule is CN1CCN(C(=O)c2cc3c([nH]2)CCC(=O)C3)CC1.CON=C1CCc2[nH]c(C(=O)N3CCN(C)CC3)cc2C1. The van der Waals surface area contributed by atoms with E-state index in [1.54, 1.807) is 7.11 Å². The molecule has 2 amide bonds. The number of aryl methyl sites for hydroxylation is 2. The van der Waals surface area contributed by atoms with Crippen LogP contribution in [-0.2, 0) is 35.3 Å². The number of amides is 2. The van der Waals surface area contributed by atoms with Crippen LogP contribution in [0.15, 0.2) is 17.3 Å². The number of hydrogen-bond donors (Lipinski definition) is 2. The van der Waals surface area contributed by atoms with Crippen LogP contribution in [0.3, 0.4) is 0 Å². The van der Waals surface area contributed by atoms with Crippen LogP contribution >= 0.6 is 0 Å². The first-order valence-corrected chi connectivity index (χ1v) is 14.3. The molecule has 2 fully saturated rings. The zero-order valence-electron chi connectivity index (χ0n) is 23.9. The molecule has 4 heterocycles. The second kappa shape index (κ2) is 12.4. The number of H-pyrrole nitrogens is 2. The summed E-state index contributed by atoms with van der Waals surface area (Å²) in [7, 11) is 5.73. The van der Waals surface area contributed by atoms with Crippen LogP contribution in [0.1, 0.15) is 56.3 Å². The van der Waals surface area contributed by atoms with E-state index in [1.165, 1.54) is 11.3 Å². The van der Waals surface area contributed by atoms with Gasteiger partial charge in [-0.1, -0.05) is 5.16 Å². The van der Waals surface area contributed by atoms with Crippen molar-refractivity contribution >= 4 is 23.3 Å². The van der Waals surface area contributed by atoms with Gasteiger partial charge < -0.3 is 34.4 Å². The molecule has 216 valence electrons. The minimum absolute atomic E-state index is 0.0648. The van der Waals surface area contributed by atoms with Crippen molar-refractivity contribution in [3.05, 3.63) is 46.0 Å². The Hall–Kier alpha value is -3.44. The van der Waals surface area contributed by atoms with Gasteiger partial charge in [0.05, 0.1) is 5.71 Å². The monoisotopic (exact) mass is 551 g/mol. The highest BCUT2D eigenvalue weighted by Gasteiger charge is 2.26. The number of hydrogen-bond acceptors (Lipinski definition) is 7. The van der Waals surface area contributed by atoms with Crippen LogP contribution in [0.4, 0.5) is 0 Å². The third kappa shape index (κ3) is 6.47. The Morgan fingerprint density at radius 1 is 0.725 bits per heavy atom. The van der Waals surface area contributed by atoms with Crippen molar-refractivity contribution in [2.75, 3.05) is 73.6 Å². The zero-order valence-corrected chi connectivity index (χ0v) is 23.9. The number of carbonyl (C=O) groups is 3. The predicted octanol–water partition coefficient (Wildman–Crippen LogP) is 1.35. The first kappa shape index (κ1) is 28.1. The Kier molecular flexibility index (Phi) is 8.70. The summed E-state index contributed by atoms with van der Waals surface area (Å²) in [5.74, 6) is 0.447. The fourth-order valence-electron chi connectivity index (χ4n) is 5.78. The van der Waals surface area contributed by atoms with Gasteiger partial charge in [0, 0.05) is 83.0 Å². The number of oxime groups is 1. The van der Waals surface area contributed by atoms with Crippen molar-refractivity contribution in [3.63, 3.8) is 0 Å². The minimum Gasteiger partial charge on any atom is -0.399 e. The fourth-order valence-corrected chi connectivity index (χ4v) is 5.78. The van der Waals surface area contributed by atoms with Crippen LogP contribution in [0.5, 0.6) is 0 Å². The molecule has 11 nitrogen and oxygen atoms in total. The molecule has 11 heteroatoms. The summed E-state index contributed by atoms with van der Waals surface area (Å²) >= 11 is 0. The summed E-state index contributed by atoms with van der Waals surface area (Å²) < 4.78 is 0. The highest BCUT2D eigenvalue weighted by Crippen LogP contribution is 2.23. The van der Waals surface area contributed by atoms with E-state index in [9.17, 15) is 14.4 Å². The number of piperazine rings is 2. The molecule has 0 unspecified atom stereocenters. The number of nitrogens with one attached hydrogen (secondary N) is 2. The zero-order chi connectivity index (χ0) is 28.2. The van der Waals surface area contributed by atoms with E-state index >= 15 is 0 Å². The predicted molar refractivity (Wildman–Crippen MR) is 152 cm³/mol. The lowest BCUT2D eigenvalue weighted by atomic mass is 9.96. The maximum atomic E-state index is 12.6. The molecule has 0 atom stereocenters. The molecule has 0 spiro atoms. The van der Waals surface area contributed by atoms with E-state index in [2.05, 4.69) is 39.0 Å². The Morgan fingerprint density at radius 2 is 1.20 bits per heavy atom. The largest absolute Gasteiger partial charge is 0.399 e. The Morgan fingerprint density at radius 3 is 1.70 bits per heavy atom. The number of aromatic amines is 2. The highest BCUT2D eigenvalue weighted by atomic mass is 16.6. The summed E-state index contributed by atoms with van der Waals surface area (Å²) in [6.07, 6.45) is 4.37. The summed E-state index contributed by atoms with van der Waals surface area (Å²) in [6, 6.07) is 3.85. The first-order valence-electron chi connectivity index (χ1n) is 14.3. The molecule has 2 aromatic rings. The van der Waals surface area contributed by atoms with E-state index in [1.807, 2.05) is 21.9 Å². The minimum atomic E-state index is 0.0648. The van der Waals surface area contributed by atoms with E-state index in [-0.39, 0.29) is 17.6 Å². The first-order chi connectivity index (χ1) is 19.3. The Balaban J connectivity index is 0.000000162. The average Bonchev–Trinajstić information content (AvgIpc) is 3.57. The van der Waals surface area contributed by atoms with Crippen LogP contribution in [0, 0.1) is 0 Å². The van der Waals surface area contributed by atoms with Crippen LogP contribution in [0.2, 0.25) is 0 Å². The van der Waals surface area contributed by atoms with Gasteiger partial charge in [-0.2, -0.15) is 0 Å². The number of likely N-dealkylation sites (N-methyl/N-ethyl adjacent to an activating group) is 2. The molecule has 2 aromatic heterocycles. The topological polar surface area (TPSA) is 117 Å². The second-order valence-electron chi connectivity index (χ2n) is 11.3. The quantitative estimate of drug-likeness (QED) is 0.557. The van der Waals surface area contributed by atoms with Crippen molar-refractivity contribution in [3.8, 4) is 0 Å². The third-order valence-corrected chi connectivity index (χ3v) is 8.35. The average molecular weight is 552 g/mol. The molecule has 0 aromatic carbocycles. The standard InChI is InChI=1S/C15H22N4O2.C14H19N3O2/c1-18-5-7-19(8-6-18)15(20)14-10-11-9-12(17-21-2)3-4-13(11)16-14;1-16-4-6-17(7-5-16)14(19)13-9-10-8-11(18)2-3-12(10)15-13/h10,16H,3-9H2,1-2H3;9,15H,2-8H2,1H3.